The van der Waals surface area contributed by atoms with Gasteiger partial charge in [-0.1, -0.05) is 24.3 Å². The highest BCUT2D eigenvalue weighted by molar-refractivity contribution is 6.00. The Morgan fingerprint density at radius 3 is 2.59 bits per heavy atom. The lowest BCUT2D eigenvalue weighted by Crippen LogP contribution is -2.42. The van der Waals surface area contributed by atoms with Gasteiger partial charge < -0.3 is 10.8 Å². The van der Waals surface area contributed by atoms with Gasteiger partial charge in [0.2, 0.25) is 11.5 Å². The molecule has 1 atom stereocenters. The summed E-state index contributed by atoms with van der Waals surface area (Å²) in [6.07, 6.45) is -3.23. The summed E-state index contributed by atoms with van der Waals surface area (Å²) in [6.45, 7) is 1.19. The number of benzene rings is 1. The lowest BCUT2D eigenvalue weighted by molar-refractivity contribution is -0.269. The van der Waals surface area contributed by atoms with Crippen LogP contribution in [0, 0.1) is 5.95 Å². The number of nitrogens with zero attached hydrogens (tertiary/aromatic N) is 5. The van der Waals surface area contributed by atoms with Gasteiger partial charge in [0.1, 0.15) is 11.4 Å². The quantitative estimate of drug-likeness (QED) is 0.327. The highest BCUT2D eigenvalue weighted by Crippen LogP contribution is 2.40. The second-order valence-corrected chi connectivity index (χ2v) is 7.63. The van der Waals surface area contributed by atoms with Gasteiger partial charge in [-0.15, -0.1) is 5.10 Å². The Bertz CT molecular complexity index is 1390. The highest BCUT2D eigenvalue weighted by atomic mass is 19.4. The first-order valence-electron chi connectivity index (χ1n) is 10.1. The summed E-state index contributed by atoms with van der Waals surface area (Å²) in [4.78, 5) is 19.7. The Labute approximate surface area is 190 Å². The standard InChI is InChI=1S/C22H18F4N6O2/c1-2-21(34,22(24,25)26)18-11-32(31-30-18)10-12-5-6-13-15(14-4-3-7-28-19(14)23)9-17(20(27)33)29-16(13)8-12/h3-9,11,34H,2,10H2,1H3,(H2,27,33)/t21-/m0/s1. The molecule has 0 aliphatic carbocycles. The molecule has 0 bridgehead atoms. The Morgan fingerprint density at radius 1 is 1.18 bits per heavy atom. The van der Waals surface area contributed by atoms with Crippen LogP contribution in [0.2, 0.25) is 0 Å². The van der Waals surface area contributed by atoms with E-state index in [1.165, 1.54) is 25.3 Å². The van der Waals surface area contributed by atoms with Crippen molar-refractivity contribution in [1.29, 1.82) is 0 Å². The molecule has 3 aromatic heterocycles. The molecule has 0 saturated carbocycles. The van der Waals surface area contributed by atoms with E-state index in [0.29, 0.717) is 22.0 Å². The van der Waals surface area contributed by atoms with Crippen LogP contribution in [0.4, 0.5) is 17.6 Å². The zero-order valence-electron chi connectivity index (χ0n) is 17.7. The minimum absolute atomic E-state index is 0.000340. The summed E-state index contributed by atoms with van der Waals surface area (Å²) < 4.78 is 55.4. The molecule has 12 heteroatoms. The van der Waals surface area contributed by atoms with Crippen molar-refractivity contribution in [1.82, 2.24) is 25.0 Å². The van der Waals surface area contributed by atoms with E-state index in [-0.39, 0.29) is 17.8 Å². The molecule has 176 valence electrons. The maximum Gasteiger partial charge on any atom is 0.423 e. The van der Waals surface area contributed by atoms with Crippen molar-refractivity contribution >= 4 is 16.8 Å². The zero-order chi connectivity index (χ0) is 24.7. The summed E-state index contributed by atoms with van der Waals surface area (Å²) in [7, 11) is 0. The number of hydrogen-bond donors (Lipinski definition) is 2. The number of carbonyl (C=O) groups is 1. The predicted molar refractivity (Wildman–Crippen MR) is 113 cm³/mol. The van der Waals surface area contributed by atoms with Gasteiger partial charge in [0.05, 0.1) is 18.3 Å². The number of halogens is 4. The van der Waals surface area contributed by atoms with Gasteiger partial charge in [0.15, 0.2) is 0 Å². The van der Waals surface area contributed by atoms with Crippen molar-refractivity contribution in [3.05, 3.63) is 71.7 Å². The van der Waals surface area contributed by atoms with E-state index in [1.54, 1.807) is 24.3 Å². The molecule has 0 aliphatic rings. The van der Waals surface area contributed by atoms with Gasteiger partial charge >= 0.3 is 6.18 Å². The first-order valence-corrected chi connectivity index (χ1v) is 10.1. The summed E-state index contributed by atoms with van der Waals surface area (Å²) in [5.74, 6) is -1.55. The topological polar surface area (TPSA) is 120 Å². The second kappa shape index (κ2) is 8.45. The highest BCUT2D eigenvalue weighted by Gasteiger charge is 2.55. The fraction of sp³-hybridized carbons (Fsp3) is 0.227. The summed E-state index contributed by atoms with van der Waals surface area (Å²) in [5, 5.41) is 17.8. The van der Waals surface area contributed by atoms with Crippen molar-refractivity contribution in [2.75, 3.05) is 0 Å². The molecule has 4 aromatic rings. The third-order valence-corrected chi connectivity index (χ3v) is 5.46. The van der Waals surface area contributed by atoms with Crippen LogP contribution in [0.3, 0.4) is 0 Å². The van der Waals surface area contributed by atoms with Crippen LogP contribution >= 0.6 is 0 Å². The molecule has 3 heterocycles. The summed E-state index contributed by atoms with van der Waals surface area (Å²) >= 11 is 0. The molecule has 0 unspecified atom stereocenters. The van der Waals surface area contributed by atoms with Gasteiger partial charge in [-0.2, -0.15) is 17.6 Å². The average molecular weight is 474 g/mol. The van der Waals surface area contributed by atoms with Crippen LogP contribution in [0.15, 0.2) is 48.8 Å². The molecule has 1 aromatic carbocycles. The lowest BCUT2D eigenvalue weighted by atomic mass is 9.96. The van der Waals surface area contributed by atoms with Crippen LogP contribution in [0.1, 0.15) is 35.1 Å². The molecule has 3 N–H and O–H groups in total. The number of alkyl halides is 3. The van der Waals surface area contributed by atoms with Crippen LogP contribution in [-0.2, 0) is 12.1 Å². The number of fused-ring (bicyclic) bond motifs is 1. The summed E-state index contributed by atoms with van der Waals surface area (Å²) in [5.41, 5.74) is 2.95. The molecular weight excluding hydrogens is 456 g/mol. The van der Waals surface area contributed by atoms with E-state index < -0.39 is 35.7 Å². The normalized spacial score (nSPS) is 13.7. The van der Waals surface area contributed by atoms with E-state index in [9.17, 15) is 27.5 Å². The number of pyridine rings is 2. The minimum Gasteiger partial charge on any atom is -0.375 e. The molecule has 4 rings (SSSR count). The molecule has 0 spiro atoms. The van der Waals surface area contributed by atoms with E-state index in [4.69, 9.17) is 5.73 Å². The zero-order valence-corrected chi connectivity index (χ0v) is 17.7. The molecule has 34 heavy (non-hydrogen) atoms. The van der Waals surface area contributed by atoms with Gasteiger partial charge in [0.25, 0.3) is 5.91 Å². The fourth-order valence-electron chi connectivity index (χ4n) is 3.59. The monoisotopic (exact) mass is 474 g/mol. The molecule has 0 radical (unpaired) electrons. The van der Waals surface area contributed by atoms with Crippen LogP contribution in [-0.4, -0.2) is 42.2 Å². The number of aromatic nitrogens is 5. The molecular formula is C22H18F4N6O2. The third kappa shape index (κ3) is 4.07. The fourth-order valence-corrected chi connectivity index (χ4v) is 3.59. The first kappa shape index (κ1) is 23.2. The number of amides is 1. The molecule has 0 fully saturated rings. The molecule has 8 nitrogen and oxygen atoms in total. The molecule has 1 amide bonds. The van der Waals surface area contributed by atoms with Crippen molar-refractivity contribution in [3.8, 4) is 11.1 Å². The van der Waals surface area contributed by atoms with Gasteiger partial charge in [0, 0.05) is 17.1 Å². The average Bonchev–Trinajstić information content (AvgIpc) is 3.26. The smallest absolute Gasteiger partial charge is 0.375 e. The lowest BCUT2D eigenvalue weighted by Gasteiger charge is -2.26. The number of primary amides is 1. The minimum atomic E-state index is -4.92. The Morgan fingerprint density at radius 2 is 1.94 bits per heavy atom. The van der Waals surface area contributed by atoms with Gasteiger partial charge in [-0.3, -0.25) is 4.79 Å². The van der Waals surface area contributed by atoms with E-state index >= 15 is 0 Å². The van der Waals surface area contributed by atoms with Crippen LogP contribution < -0.4 is 5.73 Å². The first-order chi connectivity index (χ1) is 16.0. The van der Waals surface area contributed by atoms with E-state index in [0.717, 1.165) is 10.9 Å². The van der Waals surface area contributed by atoms with Crippen molar-refractivity contribution < 1.29 is 27.5 Å². The number of rotatable bonds is 6. The van der Waals surface area contributed by atoms with Crippen molar-refractivity contribution in [2.45, 2.75) is 31.7 Å². The van der Waals surface area contributed by atoms with Crippen molar-refractivity contribution in [2.24, 2.45) is 5.73 Å². The maximum absolute atomic E-state index is 14.3. The van der Waals surface area contributed by atoms with Crippen LogP contribution in [0.25, 0.3) is 22.0 Å². The largest absolute Gasteiger partial charge is 0.423 e. The maximum atomic E-state index is 14.3. The summed E-state index contributed by atoms with van der Waals surface area (Å²) in [6, 6.07) is 9.29. The SMILES string of the molecule is CC[C@](O)(c1cn(Cc2ccc3c(-c4cccnc4F)cc(C(N)=O)nc3c2)nn1)C(F)(F)F. The van der Waals surface area contributed by atoms with E-state index in [2.05, 4.69) is 20.3 Å². The Kier molecular flexibility index (Phi) is 5.77. The number of hydrogen-bond acceptors (Lipinski definition) is 6. The number of nitrogens with two attached hydrogens (primary N) is 1. The van der Waals surface area contributed by atoms with Gasteiger partial charge in [-0.05, 0) is 41.8 Å². The number of carbonyl (C=O) groups excluding carboxylic acids is 1. The molecule has 0 aliphatic heterocycles. The molecule has 0 saturated heterocycles. The Balaban J connectivity index is 1.75. The third-order valence-electron chi connectivity index (χ3n) is 5.46. The second-order valence-electron chi connectivity index (χ2n) is 7.63. The number of aliphatic hydroxyl groups is 1. The predicted octanol–water partition coefficient (Wildman–Crippen LogP) is 3.33. The van der Waals surface area contributed by atoms with Crippen molar-refractivity contribution in [3.63, 3.8) is 0 Å². The Hall–Kier alpha value is -3.93. The van der Waals surface area contributed by atoms with Gasteiger partial charge in [-0.25, -0.2) is 14.6 Å². The van der Waals surface area contributed by atoms with E-state index in [1.807, 2.05) is 0 Å². The van der Waals surface area contributed by atoms with Crippen LogP contribution in [0.5, 0.6) is 0 Å².